The molecule has 0 fully saturated rings. The molecule has 0 saturated carbocycles. The van der Waals surface area contributed by atoms with Gasteiger partial charge in [0.05, 0.1) is 0 Å². The largest absolute Gasteiger partial charge is 0.476 e. The maximum absolute atomic E-state index is 11.5. The van der Waals surface area contributed by atoms with Gasteiger partial charge in [-0.2, -0.15) is 5.10 Å². The summed E-state index contributed by atoms with van der Waals surface area (Å²) in [5.74, 6) is -1.37. The second kappa shape index (κ2) is 6.07. The number of ether oxygens (including phenoxy) is 1. The summed E-state index contributed by atoms with van der Waals surface area (Å²) in [6, 6.07) is 9.09. The molecule has 7 nitrogen and oxygen atoms in total. The topological polar surface area (TPSA) is 104 Å². The zero-order chi connectivity index (χ0) is 14.5. The maximum atomic E-state index is 11.5. The van der Waals surface area contributed by atoms with Gasteiger partial charge < -0.3 is 9.84 Å². The van der Waals surface area contributed by atoms with Crippen LogP contribution in [0.1, 0.15) is 16.1 Å². The van der Waals surface area contributed by atoms with Gasteiger partial charge in [0.15, 0.2) is 11.5 Å². The number of benzene rings is 1. The number of aromatic nitrogens is 2. The molecule has 3 N–H and O–H groups in total. The molecule has 0 unspecified atom stereocenters. The number of nitrogens with one attached hydrogen (secondary N) is 2. The van der Waals surface area contributed by atoms with Crippen LogP contribution in [0.4, 0.5) is 10.6 Å². The molecule has 0 aliphatic carbocycles. The molecule has 0 aliphatic rings. The van der Waals surface area contributed by atoms with Crippen molar-refractivity contribution in [1.82, 2.24) is 10.2 Å². The fraction of sp³-hybridized carbons (Fsp3) is 0.0833. The number of carboxylic acid groups (broad SMARTS) is 1. The van der Waals surface area contributed by atoms with E-state index < -0.39 is 12.1 Å². The zero-order valence-electron chi connectivity index (χ0n) is 10.1. The van der Waals surface area contributed by atoms with Crippen molar-refractivity contribution in [3.63, 3.8) is 0 Å². The minimum absolute atomic E-state index is 0.0838. The average Bonchev–Trinajstić information content (AvgIpc) is 2.79. The molecule has 0 spiro atoms. The second-order valence-corrected chi connectivity index (χ2v) is 4.13. The van der Waals surface area contributed by atoms with E-state index in [-0.39, 0.29) is 23.1 Å². The van der Waals surface area contributed by atoms with Gasteiger partial charge in [-0.3, -0.25) is 10.4 Å². The van der Waals surface area contributed by atoms with Crippen LogP contribution in [0.3, 0.4) is 0 Å². The third-order valence-corrected chi connectivity index (χ3v) is 2.72. The summed E-state index contributed by atoms with van der Waals surface area (Å²) in [7, 11) is 0. The summed E-state index contributed by atoms with van der Waals surface area (Å²) < 4.78 is 4.95. The molecule has 2 aromatic rings. The Balaban J connectivity index is 1.93. The first-order valence-corrected chi connectivity index (χ1v) is 5.90. The van der Waals surface area contributed by atoms with Crippen LogP contribution < -0.4 is 5.32 Å². The number of rotatable bonds is 4. The van der Waals surface area contributed by atoms with Crippen LogP contribution in [-0.2, 0) is 11.3 Å². The Morgan fingerprint density at radius 3 is 2.65 bits per heavy atom. The van der Waals surface area contributed by atoms with Crippen molar-refractivity contribution in [2.45, 2.75) is 6.61 Å². The van der Waals surface area contributed by atoms with Crippen molar-refractivity contribution in [2.75, 3.05) is 5.32 Å². The average molecular weight is 296 g/mol. The molecule has 1 aromatic heterocycles. The minimum atomic E-state index is -1.27. The predicted molar refractivity (Wildman–Crippen MR) is 70.8 cm³/mol. The standard InChI is InChI=1S/C12H10ClN3O4/c13-8-9(11(17)18)15-16-10(8)14-12(19)20-6-7-4-2-1-3-5-7/h1-5H,6H2,(H,17,18)(H2,14,15,16,19). The molecule has 8 heteroatoms. The highest BCUT2D eigenvalue weighted by Crippen LogP contribution is 2.22. The highest BCUT2D eigenvalue weighted by molar-refractivity contribution is 6.36. The number of nitrogens with zero attached hydrogens (tertiary/aromatic N) is 1. The molecular formula is C12H10ClN3O4. The van der Waals surface area contributed by atoms with E-state index in [4.69, 9.17) is 21.4 Å². The molecule has 1 amide bonds. The quantitative estimate of drug-likeness (QED) is 0.804. The number of amides is 1. The van der Waals surface area contributed by atoms with Crippen LogP contribution >= 0.6 is 11.6 Å². The van der Waals surface area contributed by atoms with Crippen LogP contribution in [0.15, 0.2) is 30.3 Å². The van der Waals surface area contributed by atoms with Crippen molar-refractivity contribution in [2.24, 2.45) is 0 Å². The van der Waals surface area contributed by atoms with E-state index in [1.807, 2.05) is 18.2 Å². The van der Waals surface area contributed by atoms with Gasteiger partial charge in [-0.15, -0.1) is 0 Å². The van der Waals surface area contributed by atoms with Crippen LogP contribution in [0.25, 0.3) is 0 Å². The van der Waals surface area contributed by atoms with Gasteiger partial charge in [0.25, 0.3) is 0 Å². The summed E-state index contributed by atoms with van der Waals surface area (Å²) in [4.78, 5) is 22.3. The highest BCUT2D eigenvalue weighted by atomic mass is 35.5. The Morgan fingerprint density at radius 1 is 1.35 bits per heavy atom. The summed E-state index contributed by atoms with van der Waals surface area (Å²) in [6.45, 7) is 0.0838. The molecule has 0 aliphatic heterocycles. The van der Waals surface area contributed by atoms with Crippen LogP contribution in [0.5, 0.6) is 0 Å². The number of anilines is 1. The Kier molecular flexibility index (Phi) is 4.21. The van der Waals surface area contributed by atoms with Gasteiger partial charge in [0, 0.05) is 0 Å². The number of hydrogen-bond acceptors (Lipinski definition) is 4. The summed E-state index contributed by atoms with van der Waals surface area (Å²) in [5, 5.41) is 16.6. The van der Waals surface area contributed by atoms with Gasteiger partial charge in [0.2, 0.25) is 0 Å². The lowest BCUT2D eigenvalue weighted by Crippen LogP contribution is -2.14. The molecule has 0 atom stereocenters. The van der Waals surface area contributed by atoms with Gasteiger partial charge in [-0.1, -0.05) is 41.9 Å². The lowest BCUT2D eigenvalue weighted by molar-refractivity contribution is 0.0690. The molecule has 0 saturated heterocycles. The Labute approximate surface area is 118 Å². The lowest BCUT2D eigenvalue weighted by Gasteiger charge is -2.05. The highest BCUT2D eigenvalue weighted by Gasteiger charge is 2.18. The predicted octanol–water partition coefficient (Wildman–Crippen LogP) is 2.51. The zero-order valence-corrected chi connectivity index (χ0v) is 10.8. The Bertz CT molecular complexity index is 627. The molecule has 0 radical (unpaired) electrons. The molecule has 0 bridgehead atoms. The van der Waals surface area contributed by atoms with Crippen molar-refractivity contribution in [3.8, 4) is 0 Å². The van der Waals surface area contributed by atoms with Crippen molar-refractivity contribution in [3.05, 3.63) is 46.6 Å². The molecule has 104 valence electrons. The summed E-state index contributed by atoms with van der Waals surface area (Å²) >= 11 is 5.74. The smallest absolute Gasteiger partial charge is 0.413 e. The van der Waals surface area contributed by atoms with Gasteiger partial charge in [-0.25, -0.2) is 9.59 Å². The first-order chi connectivity index (χ1) is 9.58. The fourth-order valence-corrected chi connectivity index (χ4v) is 1.62. The van der Waals surface area contributed by atoms with Gasteiger partial charge >= 0.3 is 12.1 Å². The number of carboxylic acids is 1. The summed E-state index contributed by atoms with van der Waals surface area (Å²) in [6.07, 6.45) is -0.779. The SMILES string of the molecule is O=C(Nc1n[nH]c(C(=O)O)c1Cl)OCc1ccccc1. The number of halogens is 1. The van der Waals surface area contributed by atoms with E-state index in [0.29, 0.717) is 0 Å². The second-order valence-electron chi connectivity index (χ2n) is 3.75. The van der Waals surface area contributed by atoms with E-state index in [9.17, 15) is 9.59 Å². The first-order valence-electron chi connectivity index (χ1n) is 5.53. The van der Waals surface area contributed by atoms with E-state index in [2.05, 4.69) is 15.5 Å². The first kappa shape index (κ1) is 13.9. The molecule has 2 rings (SSSR count). The lowest BCUT2D eigenvalue weighted by atomic mass is 10.2. The number of hydrogen-bond donors (Lipinski definition) is 3. The molecule has 20 heavy (non-hydrogen) atoms. The number of aromatic amines is 1. The van der Waals surface area contributed by atoms with E-state index in [1.54, 1.807) is 12.1 Å². The van der Waals surface area contributed by atoms with E-state index in [0.717, 1.165) is 5.56 Å². The van der Waals surface area contributed by atoms with Gasteiger partial charge in [-0.05, 0) is 5.56 Å². The number of carbonyl (C=O) groups excluding carboxylic acids is 1. The van der Waals surface area contributed by atoms with Crippen LogP contribution in [-0.4, -0.2) is 27.4 Å². The third kappa shape index (κ3) is 3.27. The summed E-state index contributed by atoms with van der Waals surface area (Å²) in [5.41, 5.74) is 0.520. The van der Waals surface area contributed by atoms with Crippen LogP contribution in [0, 0.1) is 0 Å². The van der Waals surface area contributed by atoms with Crippen LogP contribution in [0.2, 0.25) is 5.02 Å². The fourth-order valence-electron chi connectivity index (χ4n) is 1.41. The normalized spacial score (nSPS) is 10.1. The van der Waals surface area contributed by atoms with Crippen molar-refractivity contribution >= 4 is 29.5 Å². The molecular weight excluding hydrogens is 286 g/mol. The maximum Gasteiger partial charge on any atom is 0.413 e. The van der Waals surface area contributed by atoms with E-state index >= 15 is 0 Å². The Morgan fingerprint density at radius 2 is 2.05 bits per heavy atom. The number of aromatic carboxylic acids is 1. The monoisotopic (exact) mass is 295 g/mol. The molecule has 1 heterocycles. The number of H-pyrrole nitrogens is 1. The minimum Gasteiger partial charge on any atom is -0.476 e. The van der Waals surface area contributed by atoms with Crippen molar-refractivity contribution in [1.29, 1.82) is 0 Å². The third-order valence-electron chi connectivity index (χ3n) is 2.35. The number of carbonyl (C=O) groups is 2. The van der Waals surface area contributed by atoms with Crippen molar-refractivity contribution < 1.29 is 19.4 Å². The van der Waals surface area contributed by atoms with E-state index in [1.165, 1.54) is 0 Å². The van der Waals surface area contributed by atoms with Gasteiger partial charge in [0.1, 0.15) is 11.6 Å². The Hall–Kier alpha value is -2.54. The molecule has 1 aromatic carbocycles.